The van der Waals surface area contributed by atoms with Crippen LogP contribution in [-0.4, -0.2) is 34.8 Å². The van der Waals surface area contributed by atoms with Gasteiger partial charge in [-0.25, -0.2) is 8.78 Å². The number of carbonyl (C=O) groups excluding carboxylic acids is 1. The maximum atomic E-state index is 13.5. The fraction of sp³-hybridized carbons (Fsp3) is 0.375. The lowest BCUT2D eigenvalue weighted by molar-refractivity contribution is -0.247. The van der Waals surface area contributed by atoms with Crippen molar-refractivity contribution in [3.05, 3.63) is 41.7 Å². The van der Waals surface area contributed by atoms with Crippen LogP contribution in [0, 0.1) is 11.6 Å². The zero-order valence-electron chi connectivity index (χ0n) is 13.4. The highest BCUT2D eigenvalue weighted by Gasteiger charge is 2.65. The molecule has 0 fully saturated rings. The van der Waals surface area contributed by atoms with Crippen molar-refractivity contribution in [3.63, 3.8) is 0 Å². The van der Waals surface area contributed by atoms with Gasteiger partial charge in [-0.15, -0.1) is 0 Å². The van der Waals surface area contributed by atoms with Gasteiger partial charge in [-0.05, 0) is 30.2 Å². The molecule has 10 heteroatoms. The lowest BCUT2D eigenvalue weighted by atomic mass is 9.91. The van der Waals surface area contributed by atoms with E-state index in [0.717, 1.165) is 12.1 Å². The number of rotatable bonds is 5. The first-order chi connectivity index (χ1) is 11.9. The van der Waals surface area contributed by atoms with E-state index in [0.29, 0.717) is 12.3 Å². The van der Waals surface area contributed by atoms with Crippen LogP contribution in [0.4, 0.5) is 22.0 Å². The number of benzene rings is 1. The topological polar surface area (TPSA) is 75.6 Å². The number of carboxylic acid groups (broad SMARTS) is 1. The predicted octanol–water partition coefficient (Wildman–Crippen LogP) is 3.01. The number of carboxylic acids is 1. The molecule has 2 atom stereocenters. The van der Waals surface area contributed by atoms with Crippen LogP contribution in [0.2, 0.25) is 0 Å². The molecule has 5 nitrogen and oxygen atoms in total. The van der Waals surface area contributed by atoms with Crippen LogP contribution in [0.15, 0.2) is 24.5 Å². The fourth-order valence-electron chi connectivity index (χ4n) is 2.52. The van der Waals surface area contributed by atoms with Crippen molar-refractivity contribution < 1.29 is 41.4 Å². The van der Waals surface area contributed by atoms with Crippen molar-refractivity contribution in [1.29, 1.82) is 0 Å². The van der Waals surface area contributed by atoms with Crippen LogP contribution in [0.3, 0.4) is 0 Å². The summed E-state index contributed by atoms with van der Waals surface area (Å²) in [4.78, 5) is 22.8. The third-order valence-corrected chi connectivity index (χ3v) is 3.76. The summed E-state index contributed by atoms with van der Waals surface area (Å²) in [5, 5.41) is 10.6. The smallest absolute Gasteiger partial charge is 0.437 e. The molecule has 2 rings (SSSR count). The molecule has 1 aromatic carbocycles. The fourth-order valence-corrected chi connectivity index (χ4v) is 2.52. The molecule has 142 valence electrons. The van der Waals surface area contributed by atoms with Gasteiger partial charge in [0.05, 0.1) is 12.7 Å². The zero-order chi connectivity index (χ0) is 19.7. The zero-order valence-corrected chi connectivity index (χ0v) is 13.4. The second-order valence-corrected chi connectivity index (χ2v) is 5.89. The van der Waals surface area contributed by atoms with Crippen LogP contribution in [0.1, 0.15) is 25.3 Å². The number of ether oxygens (including phenoxy) is 1. The Balaban J connectivity index is 2.28. The van der Waals surface area contributed by atoms with Crippen LogP contribution in [-0.2, 0) is 14.3 Å². The average Bonchev–Trinajstić information content (AvgIpc) is 2.91. The van der Waals surface area contributed by atoms with Crippen molar-refractivity contribution in [1.82, 2.24) is 5.32 Å². The van der Waals surface area contributed by atoms with E-state index < -0.39 is 54.2 Å². The number of halogens is 5. The normalized spacial score (nSPS) is 20.9. The summed E-state index contributed by atoms with van der Waals surface area (Å²) in [5.74, 6) is -4.88. The van der Waals surface area contributed by atoms with Gasteiger partial charge in [0.1, 0.15) is 11.6 Å². The molecule has 0 bridgehead atoms. The molecule has 0 aliphatic carbocycles. The van der Waals surface area contributed by atoms with Crippen LogP contribution < -0.4 is 5.32 Å². The van der Waals surface area contributed by atoms with E-state index >= 15 is 0 Å². The summed E-state index contributed by atoms with van der Waals surface area (Å²) in [6.45, 7) is 1.22. The SMILES string of the molecule is CC(CC(=O)O)NC(=O)C1(C(F)(F)F)CC(c2cc(F)cc(F)c2)=CO1. The molecule has 1 aromatic rings. The van der Waals surface area contributed by atoms with Crippen molar-refractivity contribution in [2.45, 2.75) is 37.6 Å². The van der Waals surface area contributed by atoms with Gasteiger partial charge in [-0.1, -0.05) is 0 Å². The molecule has 2 N–H and O–H groups in total. The standard InChI is InChI=1S/C16H14F5NO4/c1-8(2-13(23)24)22-14(25)15(16(19,20)21)6-10(7-26-15)9-3-11(17)5-12(18)4-9/h3-5,7-8H,2,6H2,1H3,(H,22,25)(H,23,24). The second kappa shape index (κ2) is 6.93. The van der Waals surface area contributed by atoms with Crippen molar-refractivity contribution in [2.24, 2.45) is 0 Å². The lowest BCUT2D eigenvalue weighted by Gasteiger charge is -2.30. The minimum Gasteiger partial charge on any atom is -0.481 e. The van der Waals surface area contributed by atoms with Crippen molar-refractivity contribution in [3.8, 4) is 0 Å². The molecule has 0 saturated carbocycles. The number of hydrogen-bond donors (Lipinski definition) is 2. The first-order valence-electron chi connectivity index (χ1n) is 7.37. The summed E-state index contributed by atoms with van der Waals surface area (Å²) in [6.07, 6.45) is -6.12. The van der Waals surface area contributed by atoms with Crippen molar-refractivity contribution >= 4 is 17.4 Å². The molecule has 0 saturated heterocycles. The Hall–Kier alpha value is -2.65. The maximum Gasteiger partial charge on any atom is 0.437 e. The largest absolute Gasteiger partial charge is 0.481 e. The number of amides is 1. The minimum atomic E-state index is -5.15. The third kappa shape index (κ3) is 3.94. The van der Waals surface area contributed by atoms with Gasteiger partial charge in [0.15, 0.2) is 0 Å². The highest BCUT2D eigenvalue weighted by molar-refractivity contribution is 5.90. The summed E-state index contributed by atoms with van der Waals surface area (Å²) >= 11 is 0. The second-order valence-electron chi connectivity index (χ2n) is 5.89. The van der Waals surface area contributed by atoms with E-state index in [2.05, 4.69) is 4.74 Å². The van der Waals surface area contributed by atoms with Crippen LogP contribution in [0.25, 0.3) is 5.57 Å². The molecule has 0 radical (unpaired) electrons. The quantitative estimate of drug-likeness (QED) is 0.772. The average molecular weight is 379 g/mol. The molecule has 1 aliphatic rings. The molecule has 0 spiro atoms. The first kappa shape index (κ1) is 19.7. The number of hydrogen-bond acceptors (Lipinski definition) is 3. The Kier molecular flexibility index (Phi) is 5.24. The molecular formula is C16H14F5NO4. The van der Waals surface area contributed by atoms with E-state index in [-0.39, 0.29) is 11.1 Å². The number of carbonyl (C=O) groups is 2. The van der Waals surface area contributed by atoms with Crippen molar-refractivity contribution in [2.75, 3.05) is 0 Å². The minimum absolute atomic E-state index is 0.194. The molecule has 26 heavy (non-hydrogen) atoms. The van der Waals surface area contributed by atoms with E-state index in [1.807, 2.05) is 5.32 Å². The highest BCUT2D eigenvalue weighted by atomic mass is 19.4. The van der Waals surface area contributed by atoms with Gasteiger partial charge in [0.25, 0.3) is 11.5 Å². The number of alkyl halides is 3. The molecule has 1 amide bonds. The van der Waals surface area contributed by atoms with Gasteiger partial charge in [0.2, 0.25) is 0 Å². The van der Waals surface area contributed by atoms with Crippen LogP contribution >= 0.6 is 0 Å². The van der Waals surface area contributed by atoms with Gasteiger partial charge in [-0.3, -0.25) is 9.59 Å². The first-order valence-corrected chi connectivity index (χ1v) is 7.37. The Morgan fingerprint density at radius 3 is 2.35 bits per heavy atom. The summed E-state index contributed by atoms with van der Waals surface area (Å²) < 4.78 is 71.8. The number of aliphatic carboxylic acids is 1. The molecule has 2 unspecified atom stereocenters. The van der Waals surface area contributed by atoms with Gasteiger partial charge >= 0.3 is 12.1 Å². The van der Waals surface area contributed by atoms with E-state index in [1.54, 1.807) is 0 Å². The van der Waals surface area contributed by atoms with Gasteiger partial charge in [-0.2, -0.15) is 13.2 Å². The third-order valence-electron chi connectivity index (χ3n) is 3.76. The Morgan fingerprint density at radius 2 is 1.85 bits per heavy atom. The molecular weight excluding hydrogens is 365 g/mol. The summed E-state index contributed by atoms with van der Waals surface area (Å²) in [5.41, 5.74) is -3.72. The maximum absolute atomic E-state index is 13.5. The lowest BCUT2D eigenvalue weighted by Crippen LogP contribution is -2.58. The van der Waals surface area contributed by atoms with E-state index in [4.69, 9.17) is 5.11 Å². The Labute approximate surface area is 144 Å². The predicted molar refractivity (Wildman–Crippen MR) is 78.7 cm³/mol. The highest BCUT2D eigenvalue weighted by Crippen LogP contribution is 2.45. The van der Waals surface area contributed by atoms with Crippen LogP contribution in [0.5, 0.6) is 0 Å². The Morgan fingerprint density at radius 1 is 1.27 bits per heavy atom. The van der Waals surface area contributed by atoms with E-state index in [9.17, 15) is 31.5 Å². The molecule has 0 aromatic heterocycles. The van der Waals surface area contributed by atoms with E-state index in [1.165, 1.54) is 6.92 Å². The summed E-state index contributed by atoms with van der Waals surface area (Å²) in [6, 6.07) is 1.10. The monoisotopic (exact) mass is 379 g/mol. The van der Waals surface area contributed by atoms with Gasteiger partial charge in [0, 0.05) is 18.5 Å². The Bertz CT molecular complexity index is 741. The summed E-state index contributed by atoms with van der Waals surface area (Å²) in [7, 11) is 0. The van der Waals surface area contributed by atoms with Gasteiger partial charge < -0.3 is 15.2 Å². The molecule has 1 aliphatic heterocycles. The molecule has 1 heterocycles. The number of nitrogens with one attached hydrogen (secondary N) is 1.